The second-order valence-electron chi connectivity index (χ2n) is 8.93. The minimum absolute atomic E-state index is 0.168. The molecule has 1 amide bonds. The maximum Gasteiger partial charge on any atom is 0.265 e. The Balaban J connectivity index is 1.43. The van der Waals surface area contributed by atoms with Crippen molar-refractivity contribution in [2.24, 2.45) is 0 Å². The van der Waals surface area contributed by atoms with Gasteiger partial charge in [-0.25, -0.2) is 0 Å². The fourth-order valence-electron chi connectivity index (χ4n) is 4.28. The highest BCUT2D eigenvalue weighted by Gasteiger charge is 2.15. The van der Waals surface area contributed by atoms with Crippen molar-refractivity contribution in [3.05, 3.63) is 113 Å². The van der Waals surface area contributed by atoms with Gasteiger partial charge >= 0.3 is 0 Å². The van der Waals surface area contributed by atoms with Gasteiger partial charge < -0.3 is 25.4 Å². The van der Waals surface area contributed by atoms with E-state index >= 15 is 0 Å². The van der Waals surface area contributed by atoms with Crippen LogP contribution in [0.3, 0.4) is 0 Å². The zero-order valence-corrected chi connectivity index (χ0v) is 22.1. The number of nitrogens with zero attached hydrogens (tertiary/aromatic N) is 1. The summed E-state index contributed by atoms with van der Waals surface area (Å²) in [6.07, 6.45) is 0. The first-order valence-electron chi connectivity index (χ1n) is 12.2. The highest BCUT2D eigenvalue weighted by molar-refractivity contribution is 7.20. The second-order valence-corrected chi connectivity index (χ2v) is 10.0. The van der Waals surface area contributed by atoms with E-state index in [0.717, 1.165) is 27.3 Å². The quantitative estimate of drug-likeness (QED) is 0.204. The van der Waals surface area contributed by atoms with Gasteiger partial charge in [0.1, 0.15) is 11.5 Å². The Morgan fingerprint density at radius 3 is 2.00 bits per heavy atom. The Morgan fingerprint density at radius 1 is 0.816 bits per heavy atom. The van der Waals surface area contributed by atoms with Crippen LogP contribution in [0.4, 0.5) is 17.1 Å². The second kappa shape index (κ2) is 11.3. The van der Waals surface area contributed by atoms with Gasteiger partial charge in [0.25, 0.3) is 5.91 Å². The molecule has 5 aromatic rings. The summed E-state index contributed by atoms with van der Waals surface area (Å²) in [6.45, 7) is 1.43. The predicted octanol–water partition coefficient (Wildman–Crippen LogP) is 6.96. The van der Waals surface area contributed by atoms with E-state index in [9.17, 15) is 4.79 Å². The van der Waals surface area contributed by atoms with E-state index in [1.54, 1.807) is 26.4 Å². The van der Waals surface area contributed by atoms with Crippen LogP contribution in [0, 0.1) is 0 Å². The van der Waals surface area contributed by atoms with Crippen LogP contribution in [0.5, 0.6) is 11.5 Å². The van der Waals surface area contributed by atoms with Crippen LogP contribution in [-0.4, -0.2) is 20.1 Å². The summed E-state index contributed by atoms with van der Waals surface area (Å²) in [4.78, 5) is 15.9. The van der Waals surface area contributed by atoms with Crippen molar-refractivity contribution < 1.29 is 14.3 Å². The lowest BCUT2D eigenvalue weighted by Crippen LogP contribution is -2.22. The molecule has 0 aliphatic carbocycles. The number of carbonyl (C=O) groups is 1. The third-order valence-electron chi connectivity index (χ3n) is 6.36. The molecule has 0 saturated carbocycles. The number of hydrogen-bond acceptors (Lipinski definition) is 6. The van der Waals surface area contributed by atoms with Gasteiger partial charge in [0.05, 0.1) is 30.5 Å². The summed E-state index contributed by atoms with van der Waals surface area (Å²) in [5.41, 5.74) is 10.6. The molecule has 0 radical (unpaired) electrons. The number of rotatable bonds is 9. The first-order valence-corrected chi connectivity index (χ1v) is 13.0. The van der Waals surface area contributed by atoms with Gasteiger partial charge in [-0.3, -0.25) is 4.79 Å². The average molecular weight is 524 g/mol. The molecule has 1 aromatic heterocycles. The molecule has 38 heavy (non-hydrogen) atoms. The number of nitrogen functional groups attached to an aromatic ring is 1. The molecular weight excluding hydrogens is 494 g/mol. The number of nitrogens with two attached hydrogens (primary N) is 1. The van der Waals surface area contributed by atoms with E-state index in [0.29, 0.717) is 29.3 Å². The summed E-state index contributed by atoms with van der Waals surface area (Å²) in [5.74, 6) is 1.50. The van der Waals surface area contributed by atoms with Crippen molar-refractivity contribution in [2.45, 2.75) is 13.1 Å². The van der Waals surface area contributed by atoms with Crippen LogP contribution in [0.1, 0.15) is 20.8 Å². The van der Waals surface area contributed by atoms with E-state index in [1.165, 1.54) is 22.5 Å². The third kappa shape index (κ3) is 5.74. The number of ether oxygens (including phenoxy) is 2. The van der Waals surface area contributed by atoms with E-state index in [1.807, 2.05) is 42.5 Å². The average Bonchev–Trinajstić information content (AvgIpc) is 3.38. The maximum absolute atomic E-state index is 13.0. The van der Waals surface area contributed by atoms with Crippen LogP contribution in [-0.2, 0) is 13.1 Å². The summed E-state index contributed by atoms with van der Waals surface area (Å²) in [6, 6.07) is 31.8. The number of nitrogens with one attached hydrogen (secondary N) is 1. The van der Waals surface area contributed by atoms with E-state index in [2.05, 4.69) is 52.7 Å². The molecule has 6 nitrogen and oxygen atoms in total. The minimum atomic E-state index is -0.168. The number of anilines is 3. The fourth-order valence-corrected chi connectivity index (χ4v) is 5.21. The van der Waals surface area contributed by atoms with Crippen LogP contribution >= 0.6 is 11.3 Å². The number of thiophene rings is 1. The molecule has 0 aliphatic heterocycles. The van der Waals surface area contributed by atoms with Gasteiger partial charge in [0.15, 0.2) is 0 Å². The molecule has 3 N–H and O–H groups in total. The maximum atomic E-state index is 13.0. The molecule has 0 spiro atoms. The van der Waals surface area contributed by atoms with Gasteiger partial charge in [-0.2, -0.15) is 0 Å². The first kappa shape index (κ1) is 25.2. The van der Waals surface area contributed by atoms with Crippen molar-refractivity contribution in [3.8, 4) is 11.5 Å². The zero-order chi connectivity index (χ0) is 26.5. The largest absolute Gasteiger partial charge is 0.497 e. The number of methoxy groups -OCH3 is 2. The highest BCUT2D eigenvalue weighted by Crippen LogP contribution is 2.32. The number of carbonyl (C=O) groups excluding carboxylic acids is 1. The molecule has 0 atom stereocenters. The number of amides is 1. The summed E-state index contributed by atoms with van der Waals surface area (Å²) in [5, 5.41) is 3.95. The number of benzene rings is 4. The van der Waals surface area contributed by atoms with E-state index < -0.39 is 0 Å². The first-order chi connectivity index (χ1) is 18.5. The standard InChI is InChI=1S/C31H29N3O3S/c1-36-25-12-7-21(8-13-25)19-34(20-22-9-14-26(37-2)15-10-22)24-11-16-29-23(17-24)18-30(38-29)31(35)33-28-6-4-3-5-27(28)32/h3-18H,19-20,32H2,1-2H3,(H,33,35). The smallest absolute Gasteiger partial charge is 0.265 e. The van der Waals surface area contributed by atoms with Gasteiger partial charge in [-0.15, -0.1) is 11.3 Å². The lowest BCUT2D eigenvalue weighted by Gasteiger charge is -2.25. The molecule has 0 fully saturated rings. The van der Waals surface area contributed by atoms with Crippen LogP contribution < -0.4 is 25.4 Å². The van der Waals surface area contributed by atoms with Crippen molar-refractivity contribution in [1.82, 2.24) is 0 Å². The molecule has 0 unspecified atom stereocenters. The van der Waals surface area contributed by atoms with Gasteiger partial charge in [0, 0.05) is 23.5 Å². The summed E-state index contributed by atoms with van der Waals surface area (Å²) in [7, 11) is 3.34. The minimum Gasteiger partial charge on any atom is -0.497 e. The van der Waals surface area contributed by atoms with Crippen LogP contribution in [0.2, 0.25) is 0 Å². The molecule has 0 bridgehead atoms. The molecular formula is C31H29N3O3S. The van der Waals surface area contributed by atoms with Crippen molar-refractivity contribution >= 4 is 44.4 Å². The molecule has 5 rings (SSSR count). The topological polar surface area (TPSA) is 76.8 Å². The fraction of sp³-hybridized carbons (Fsp3) is 0.129. The van der Waals surface area contributed by atoms with Gasteiger partial charge in [-0.1, -0.05) is 36.4 Å². The highest BCUT2D eigenvalue weighted by atomic mass is 32.1. The molecule has 0 aliphatic rings. The molecule has 0 saturated heterocycles. The molecule has 1 heterocycles. The Kier molecular flexibility index (Phi) is 7.47. The Morgan fingerprint density at radius 2 is 1.42 bits per heavy atom. The van der Waals surface area contributed by atoms with E-state index in [-0.39, 0.29) is 5.91 Å². The van der Waals surface area contributed by atoms with Crippen molar-refractivity contribution in [3.63, 3.8) is 0 Å². The number of para-hydroxylation sites is 2. The van der Waals surface area contributed by atoms with Gasteiger partial charge in [-0.05, 0) is 77.2 Å². The predicted molar refractivity (Wildman–Crippen MR) is 157 cm³/mol. The third-order valence-corrected chi connectivity index (χ3v) is 7.48. The van der Waals surface area contributed by atoms with Crippen molar-refractivity contribution in [2.75, 3.05) is 30.2 Å². The zero-order valence-electron chi connectivity index (χ0n) is 21.3. The molecule has 4 aromatic carbocycles. The lowest BCUT2D eigenvalue weighted by atomic mass is 10.1. The molecule has 192 valence electrons. The van der Waals surface area contributed by atoms with Crippen LogP contribution in [0.25, 0.3) is 10.1 Å². The molecule has 7 heteroatoms. The number of fused-ring (bicyclic) bond motifs is 1. The van der Waals surface area contributed by atoms with Crippen molar-refractivity contribution in [1.29, 1.82) is 0 Å². The monoisotopic (exact) mass is 523 g/mol. The summed E-state index contributed by atoms with van der Waals surface area (Å²) >= 11 is 1.47. The normalized spacial score (nSPS) is 10.8. The van der Waals surface area contributed by atoms with E-state index in [4.69, 9.17) is 15.2 Å². The summed E-state index contributed by atoms with van der Waals surface area (Å²) < 4.78 is 11.7. The van der Waals surface area contributed by atoms with Gasteiger partial charge in [0.2, 0.25) is 0 Å². The van der Waals surface area contributed by atoms with Crippen LogP contribution in [0.15, 0.2) is 97.1 Å². The lowest BCUT2D eigenvalue weighted by molar-refractivity contribution is 0.103. The Labute approximate surface area is 226 Å². The Bertz CT molecular complexity index is 1500. The SMILES string of the molecule is COc1ccc(CN(Cc2ccc(OC)cc2)c2ccc3sc(C(=O)Nc4ccccc4N)cc3c2)cc1. The number of hydrogen-bond donors (Lipinski definition) is 2. The Hall–Kier alpha value is -4.49.